The summed E-state index contributed by atoms with van der Waals surface area (Å²) in [5, 5.41) is 0. The minimum Gasteiger partial charge on any atom is -0.540 e. The van der Waals surface area contributed by atoms with Crippen LogP contribution in [0.3, 0.4) is 0 Å². The van der Waals surface area contributed by atoms with Crippen molar-refractivity contribution in [3.63, 3.8) is 0 Å². The fourth-order valence-electron chi connectivity index (χ4n) is 1.41. The zero-order valence-corrected chi connectivity index (χ0v) is 11.3. The van der Waals surface area contributed by atoms with Gasteiger partial charge in [-0.15, -0.1) is 24.3 Å². The van der Waals surface area contributed by atoms with Crippen LogP contribution < -0.4 is 47.2 Å². The van der Waals surface area contributed by atoms with Gasteiger partial charge in [0.25, 0.3) is 0 Å². The zero-order valence-electron chi connectivity index (χ0n) is 11.3. The summed E-state index contributed by atoms with van der Waals surface area (Å²) in [6.07, 6.45) is 0. The molecule has 82 valence electrons. The molecule has 0 amide bonds. The topological polar surface area (TPSA) is 18.5 Å². The summed E-state index contributed by atoms with van der Waals surface area (Å²) in [6, 6.07) is 17.6. The van der Waals surface area contributed by atoms with Gasteiger partial charge in [-0.1, -0.05) is 0 Å². The summed E-state index contributed by atoms with van der Waals surface area (Å²) in [6.45, 7) is 0. The maximum absolute atomic E-state index is 5.08. The van der Waals surface area contributed by atoms with Gasteiger partial charge in [0.2, 0.25) is 0 Å². The molecule has 2 aromatic rings. The average molecular weight is 226 g/mol. The monoisotopic (exact) mass is 226 g/mol. The Morgan fingerprint density at radius 1 is 0.722 bits per heavy atom. The predicted octanol–water partition coefficient (Wildman–Crippen LogP) is -3.02. The van der Waals surface area contributed by atoms with Crippen LogP contribution in [0.15, 0.2) is 36.4 Å². The molecule has 0 N–H and O–H groups in total. The number of rotatable bonds is 3. The molecular weight excluding hydrogens is 214 g/mol. The van der Waals surface area contributed by atoms with Crippen molar-refractivity contribution in [2.75, 3.05) is 14.2 Å². The first-order chi connectivity index (χ1) is 7.83. The third-order valence-electron chi connectivity index (χ3n) is 2.33. The molecule has 18 heavy (non-hydrogen) atoms. The van der Waals surface area contributed by atoms with E-state index in [4.69, 9.17) is 9.47 Å². The second-order valence-corrected chi connectivity index (χ2v) is 3.28. The molecule has 0 fully saturated rings. The Kier molecular flexibility index (Phi) is 8.00. The van der Waals surface area contributed by atoms with Crippen LogP contribution in [-0.4, -0.2) is 14.2 Å². The van der Waals surface area contributed by atoms with Crippen molar-refractivity contribution in [1.82, 2.24) is 0 Å². The molecular formula is C14H12Li2O2. The van der Waals surface area contributed by atoms with Crippen molar-refractivity contribution >= 4 is 0 Å². The van der Waals surface area contributed by atoms with Crippen LogP contribution in [0.2, 0.25) is 0 Å². The van der Waals surface area contributed by atoms with Gasteiger partial charge in [-0.3, -0.25) is 0 Å². The Bertz CT molecular complexity index is 407. The summed E-state index contributed by atoms with van der Waals surface area (Å²) in [5.41, 5.74) is 1.98. The Morgan fingerprint density at radius 3 is 1.33 bits per heavy atom. The van der Waals surface area contributed by atoms with Crippen LogP contribution in [0.4, 0.5) is 0 Å². The molecule has 0 atom stereocenters. The Hall–Kier alpha value is -0.765. The number of hydrogen-bond acceptors (Lipinski definition) is 2. The summed E-state index contributed by atoms with van der Waals surface area (Å²) < 4.78 is 10.2. The quantitative estimate of drug-likeness (QED) is 0.410. The molecule has 0 bridgehead atoms. The standard InChI is InChI=1S/C14H12O2.2Li/c1-15-13-7-3-11(4-8-13)12-5-9-14(16-2)10-6-12;;/h3,5,7-10H,1-2H3;;/q-2;2*+1. The first-order valence-electron chi connectivity index (χ1n) is 4.95. The van der Waals surface area contributed by atoms with Crippen LogP contribution >= 0.6 is 0 Å². The molecule has 2 aromatic carbocycles. The molecule has 0 aliphatic rings. The number of hydrogen-bond donors (Lipinski definition) is 0. The summed E-state index contributed by atoms with van der Waals surface area (Å²) in [7, 11) is 3.28. The van der Waals surface area contributed by atoms with E-state index in [-0.39, 0.29) is 37.7 Å². The molecule has 0 heterocycles. The first kappa shape index (κ1) is 17.2. The van der Waals surface area contributed by atoms with Crippen LogP contribution in [0.25, 0.3) is 11.1 Å². The van der Waals surface area contributed by atoms with Gasteiger partial charge in [0.1, 0.15) is 0 Å². The van der Waals surface area contributed by atoms with E-state index < -0.39 is 0 Å². The predicted molar refractivity (Wildman–Crippen MR) is 62.7 cm³/mol. The minimum atomic E-state index is 0. The fraction of sp³-hybridized carbons (Fsp3) is 0.143. The van der Waals surface area contributed by atoms with Crippen LogP contribution in [0.1, 0.15) is 0 Å². The molecule has 2 rings (SSSR count). The Labute approximate surface area is 132 Å². The van der Waals surface area contributed by atoms with E-state index in [0.29, 0.717) is 0 Å². The van der Waals surface area contributed by atoms with Crippen LogP contribution in [-0.2, 0) is 0 Å². The smallest absolute Gasteiger partial charge is 0.540 e. The first-order valence-corrected chi connectivity index (χ1v) is 4.95. The van der Waals surface area contributed by atoms with Crippen molar-refractivity contribution in [3.05, 3.63) is 48.5 Å². The van der Waals surface area contributed by atoms with Crippen molar-refractivity contribution in [2.24, 2.45) is 0 Å². The number of ether oxygens (including phenoxy) is 2. The molecule has 0 aromatic heterocycles. The zero-order chi connectivity index (χ0) is 11.4. The molecule has 0 aliphatic heterocycles. The van der Waals surface area contributed by atoms with Gasteiger partial charge in [0.15, 0.2) is 0 Å². The molecule has 0 saturated heterocycles. The molecule has 0 unspecified atom stereocenters. The fourth-order valence-corrected chi connectivity index (χ4v) is 1.41. The maximum Gasteiger partial charge on any atom is 1.00 e. The van der Waals surface area contributed by atoms with Crippen molar-refractivity contribution in [3.8, 4) is 22.6 Å². The van der Waals surface area contributed by atoms with E-state index >= 15 is 0 Å². The van der Waals surface area contributed by atoms with Gasteiger partial charge in [-0.2, -0.15) is 24.3 Å². The third-order valence-corrected chi connectivity index (χ3v) is 2.33. The van der Waals surface area contributed by atoms with Crippen molar-refractivity contribution in [1.29, 1.82) is 0 Å². The van der Waals surface area contributed by atoms with E-state index in [9.17, 15) is 0 Å². The van der Waals surface area contributed by atoms with E-state index in [0.717, 1.165) is 22.6 Å². The molecule has 2 nitrogen and oxygen atoms in total. The number of methoxy groups -OCH3 is 2. The third kappa shape index (κ3) is 4.16. The average Bonchev–Trinajstić information content (AvgIpc) is 2.39. The van der Waals surface area contributed by atoms with E-state index in [1.807, 2.05) is 36.4 Å². The molecule has 4 heteroatoms. The summed E-state index contributed by atoms with van der Waals surface area (Å²) in [4.78, 5) is 0. The minimum absolute atomic E-state index is 0. The normalized spacial score (nSPS) is 8.78. The molecule has 0 aliphatic carbocycles. The SMILES string of the molecule is COc1c[c-]c(-c2[c-]cc(OC)cc2)cc1.[Li+].[Li+]. The van der Waals surface area contributed by atoms with E-state index in [1.54, 1.807) is 14.2 Å². The van der Waals surface area contributed by atoms with E-state index in [1.165, 1.54) is 0 Å². The van der Waals surface area contributed by atoms with Crippen LogP contribution in [0.5, 0.6) is 11.5 Å². The van der Waals surface area contributed by atoms with Crippen LogP contribution in [0, 0.1) is 12.1 Å². The Balaban J connectivity index is 0.00000144. The molecule has 0 radical (unpaired) electrons. The van der Waals surface area contributed by atoms with Gasteiger partial charge in [0.05, 0.1) is 14.2 Å². The largest absolute Gasteiger partial charge is 1.00 e. The molecule has 0 saturated carbocycles. The summed E-state index contributed by atoms with van der Waals surface area (Å²) >= 11 is 0. The van der Waals surface area contributed by atoms with Gasteiger partial charge in [-0.25, -0.2) is 11.1 Å². The molecule has 0 spiro atoms. The second kappa shape index (κ2) is 8.36. The van der Waals surface area contributed by atoms with E-state index in [2.05, 4.69) is 12.1 Å². The van der Waals surface area contributed by atoms with Gasteiger partial charge in [-0.05, 0) is 0 Å². The van der Waals surface area contributed by atoms with Gasteiger partial charge < -0.3 is 9.47 Å². The Morgan fingerprint density at radius 2 is 1.11 bits per heavy atom. The van der Waals surface area contributed by atoms with Gasteiger partial charge in [0, 0.05) is 11.5 Å². The van der Waals surface area contributed by atoms with Crippen molar-refractivity contribution < 1.29 is 47.2 Å². The maximum atomic E-state index is 5.08. The number of benzene rings is 2. The van der Waals surface area contributed by atoms with Crippen molar-refractivity contribution in [2.45, 2.75) is 0 Å². The second-order valence-electron chi connectivity index (χ2n) is 3.28. The summed E-state index contributed by atoms with van der Waals surface area (Å²) in [5.74, 6) is 1.61. The van der Waals surface area contributed by atoms with Gasteiger partial charge >= 0.3 is 37.7 Å².